The fourth-order valence-electron chi connectivity index (χ4n) is 1.71. The zero-order valence-corrected chi connectivity index (χ0v) is 10.1. The summed E-state index contributed by atoms with van der Waals surface area (Å²) in [5.74, 6) is 0.723. The molecule has 0 aromatic carbocycles. The number of aromatic amines is 1. The average molecular weight is 255 g/mol. The maximum atomic E-state index is 5.25. The summed E-state index contributed by atoms with van der Waals surface area (Å²) in [6, 6.07) is 7.58. The molecule has 5 nitrogen and oxygen atoms in total. The van der Waals surface area contributed by atoms with Crippen molar-refractivity contribution in [1.29, 1.82) is 0 Å². The molecule has 0 saturated carbocycles. The highest BCUT2D eigenvalue weighted by atomic mass is 32.1. The summed E-state index contributed by atoms with van der Waals surface area (Å²) in [5.41, 5.74) is 1.77. The van der Waals surface area contributed by atoms with E-state index in [0.717, 1.165) is 17.1 Å². The van der Waals surface area contributed by atoms with Gasteiger partial charge in [-0.15, -0.1) is 0 Å². The predicted molar refractivity (Wildman–Crippen MR) is 69.8 cm³/mol. The molecule has 0 unspecified atom stereocenters. The Morgan fingerprint density at radius 3 is 2.50 bits per heavy atom. The SMILES string of the molecule is S=c1[nH]nc(-c2cccnc2)n1-c1cccnc1. The molecule has 0 amide bonds. The van der Waals surface area contributed by atoms with Gasteiger partial charge in [-0.05, 0) is 36.5 Å². The van der Waals surface area contributed by atoms with Gasteiger partial charge in [0, 0.05) is 24.2 Å². The van der Waals surface area contributed by atoms with Crippen LogP contribution in [0.15, 0.2) is 49.1 Å². The second-order valence-corrected chi connectivity index (χ2v) is 4.03. The highest BCUT2D eigenvalue weighted by Gasteiger charge is 2.10. The molecule has 3 aromatic heterocycles. The number of pyridine rings is 2. The van der Waals surface area contributed by atoms with Crippen LogP contribution in [-0.4, -0.2) is 24.7 Å². The third-order valence-corrected chi connectivity index (χ3v) is 2.77. The largest absolute Gasteiger partial charge is 0.267 e. The van der Waals surface area contributed by atoms with Crippen molar-refractivity contribution in [2.24, 2.45) is 0 Å². The number of aromatic nitrogens is 5. The average Bonchev–Trinajstić information content (AvgIpc) is 2.83. The van der Waals surface area contributed by atoms with Gasteiger partial charge in [-0.3, -0.25) is 19.6 Å². The van der Waals surface area contributed by atoms with Gasteiger partial charge in [0.15, 0.2) is 10.6 Å². The second-order valence-electron chi connectivity index (χ2n) is 3.64. The van der Waals surface area contributed by atoms with Crippen LogP contribution >= 0.6 is 12.2 Å². The van der Waals surface area contributed by atoms with Crippen LogP contribution in [0.25, 0.3) is 17.1 Å². The molecule has 0 aliphatic rings. The fraction of sp³-hybridized carbons (Fsp3) is 0. The van der Waals surface area contributed by atoms with Crippen molar-refractivity contribution in [3.8, 4) is 17.1 Å². The molecule has 0 saturated heterocycles. The number of nitrogens with zero attached hydrogens (tertiary/aromatic N) is 4. The van der Waals surface area contributed by atoms with Crippen LogP contribution < -0.4 is 0 Å². The Bertz CT molecular complexity index is 702. The van der Waals surface area contributed by atoms with E-state index in [1.165, 1.54) is 0 Å². The predicted octanol–water partition coefficient (Wildman–Crippen LogP) is 2.39. The van der Waals surface area contributed by atoms with Gasteiger partial charge in [-0.2, -0.15) is 5.10 Å². The molecule has 3 aromatic rings. The third-order valence-electron chi connectivity index (χ3n) is 2.50. The van der Waals surface area contributed by atoms with E-state index in [1.807, 2.05) is 28.8 Å². The van der Waals surface area contributed by atoms with Crippen LogP contribution in [0.3, 0.4) is 0 Å². The summed E-state index contributed by atoms with van der Waals surface area (Å²) in [7, 11) is 0. The molecule has 88 valence electrons. The van der Waals surface area contributed by atoms with Crippen LogP contribution in [0.2, 0.25) is 0 Å². The highest BCUT2D eigenvalue weighted by Crippen LogP contribution is 2.19. The molecule has 6 heteroatoms. The lowest BCUT2D eigenvalue weighted by Gasteiger charge is -2.05. The van der Waals surface area contributed by atoms with Gasteiger partial charge in [-0.25, -0.2) is 0 Å². The number of H-pyrrole nitrogens is 1. The van der Waals surface area contributed by atoms with Crippen molar-refractivity contribution in [2.45, 2.75) is 0 Å². The van der Waals surface area contributed by atoms with Gasteiger partial charge in [-0.1, -0.05) is 0 Å². The molecule has 0 bridgehead atoms. The molecule has 0 aliphatic heterocycles. The fourth-order valence-corrected chi connectivity index (χ4v) is 1.95. The Morgan fingerprint density at radius 2 is 1.83 bits per heavy atom. The van der Waals surface area contributed by atoms with Crippen molar-refractivity contribution in [1.82, 2.24) is 24.7 Å². The Balaban J connectivity index is 2.23. The van der Waals surface area contributed by atoms with Gasteiger partial charge < -0.3 is 0 Å². The molecule has 0 radical (unpaired) electrons. The molecule has 3 heterocycles. The maximum Gasteiger partial charge on any atom is 0.200 e. The van der Waals surface area contributed by atoms with Gasteiger partial charge in [0.2, 0.25) is 0 Å². The Labute approximate surface area is 108 Å². The van der Waals surface area contributed by atoms with Gasteiger partial charge in [0.05, 0.1) is 11.9 Å². The number of hydrogen-bond donors (Lipinski definition) is 1. The quantitative estimate of drug-likeness (QED) is 0.714. The zero-order chi connectivity index (χ0) is 12.4. The van der Waals surface area contributed by atoms with Crippen LogP contribution in [0.1, 0.15) is 0 Å². The van der Waals surface area contributed by atoms with Crippen molar-refractivity contribution in [2.75, 3.05) is 0 Å². The number of hydrogen-bond acceptors (Lipinski definition) is 4. The first kappa shape index (κ1) is 10.8. The van der Waals surface area contributed by atoms with Crippen molar-refractivity contribution in [3.63, 3.8) is 0 Å². The summed E-state index contributed by atoms with van der Waals surface area (Å²) in [6.45, 7) is 0. The van der Waals surface area contributed by atoms with E-state index in [1.54, 1.807) is 24.8 Å². The van der Waals surface area contributed by atoms with E-state index in [0.29, 0.717) is 4.77 Å². The van der Waals surface area contributed by atoms with Crippen molar-refractivity contribution >= 4 is 12.2 Å². The summed E-state index contributed by atoms with van der Waals surface area (Å²) in [6.07, 6.45) is 6.93. The van der Waals surface area contributed by atoms with Crippen LogP contribution in [-0.2, 0) is 0 Å². The van der Waals surface area contributed by atoms with E-state index >= 15 is 0 Å². The van der Waals surface area contributed by atoms with E-state index in [4.69, 9.17) is 12.2 Å². The molecular formula is C12H9N5S. The summed E-state index contributed by atoms with van der Waals surface area (Å²) in [4.78, 5) is 8.18. The molecule has 3 rings (SSSR count). The normalized spacial score (nSPS) is 10.4. The van der Waals surface area contributed by atoms with Crippen LogP contribution in [0.5, 0.6) is 0 Å². The smallest absolute Gasteiger partial charge is 0.200 e. The van der Waals surface area contributed by atoms with Crippen molar-refractivity contribution in [3.05, 3.63) is 53.8 Å². The monoisotopic (exact) mass is 255 g/mol. The number of rotatable bonds is 2. The first-order chi connectivity index (χ1) is 8.86. The Kier molecular flexibility index (Phi) is 2.70. The minimum absolute atomic E-state index is 0.529. The molecule has 18 heavy (non-hydrogen) atoms. The molecular weight excluding hydrogens is 246 g/mol. The first-order valence-corrected chi connectivity index (χ1v) is 5.75. The van der Waals surface area contributed by atoms with Gasteiger partial charge in [0.25, 0.3) is 0 Å². The van der Waals surface area contributed by atoms with Crippen LogP contribution in [0, 0.1) is 4.77 Å². The van der Waals surface area contributed by atoms with E-state index in [2.05, 4.69) is 20.2 Å². The van der Waals surface area contributed by atoms with Crippen molar-refractivity contribution < 1.29 is 0 Å². The molecule has 1 N–H and O–H groups in total. The van der Waals surface area contributed by atoms with E-state index in [9.17, 15) is 0 Å². The summed E-state index contributed by atoms with van der Waals surface area (Å²) < 4.78 is 2.36. The zero-order valence-electron chi connectivity index (χ0n) is 9.32. The lowest BCUT2D eigenvalue weighted by molar-refractivity contribution is 1.02. The first-order valence-electron chi connectivity index (χ1n) is 5.34. The summed E-state index contributed by atoms with van der Waals surface area (Å²) in [5, 5.41) is 7.03. The highest BCUT2D eigenvalue weighted by molar-refractivity contribution is 7.71. The molecule has 0 fully saturated rings. The minimum Gasteiger partial charge on any atom is -0.267 e. The van der Waals surface area contributed by atoms with Gasteiger partial charge in [0.1, 0.15) is 0 Å². The molecule has 0 spiro atoms. The Morgan fingerprint density at radius 1 is 1.06 bits per heavy atom. The molecule has 0 atom stereocenters. The van der Waals surface area contributed by atoms with Crippen LogP contribution in [0.4, 0.5) is 0 Å². The second kappa shape index (κ2) is 4.50. The standard InChI is InChI=1S/C12H9N5S/c18-12-16-15-11(9-3-1-5-13-7-9)17(12)10-4-2-6-14-8-10/h1-8H,(H,16,18). The van der Waals surface area contributed by atoms with Gasteiger partial charge >= 0.3 is 0 Å². The molecule has 0 aliphatic carbocycles. The van der Waals surface area contributed by atoms with E-state index < -0.39 is 0 Å². The maximum absolute atomic E-state index is 5.25. The number of nitrogens with one attached hydrogen (secondary N) is 1. The Hall–Kier alpha value is -2.34. The topological polar surface area (TPSA) is 59.4 Å². The lowest BCUT2D eigenvalue weighted by atomic mass is 10.2. The van der Waals surface area contributed by atoms with E-state index in [-0.39, 0.29) is 0 Å². The third kappa shape index (κ3) is 1.82. The lowest BCUT2D eigenvalue weighted by Crippen LogP contribution is -1.98. The summed E-state index contributed by atoms with van der Waals surface area (Å²) >= 11 is 5.25. The minimum atomic E-state index is 0.529.